The van der Waals surface area contributed by atoms with Gasteiger partial charge in [0.25, 0.3) is 0 Å². The average molecular weight is 169 g/mol. The van der Waals surface area contributed by atoms with Crippen molar-refractivity contribution in [1.82, 2.24) is 0 Å². The van der Waals surface area contributed by atoms with E-state index in [9.17, 15) is 0 Å². The highest BCUT2D eigenvalue weighted by Crippen LogP contribution is 2.36. The van der Waals surface area contributed by atoms with E-state index in [0.29, 0.717) is 11.5 Å². The smallest absolute Gasteiger partial charge is 0.00389 e. The van der Waals surface area contributed by atoms with E-state index in [1.165, 1.54) is 32.1 Å². The zero-order valence-corrected chi connectivity index (χ0v) is 8.77. The average Bonchev–Trinajstić information content (AvgIpc) is 2.11. The van der Waals surface area contributed by atoms with Crippen LogP contribution in [0, 0.1) is 11.3 Å². The van der Waals surface area contributed by atoms with Crippen LogP contribution < -0.4 is 5.73 Å². The Kier molecular flexibility index (Phi) is 3.16. The lowest BCUT2D eigenvalue weighted by Crippen LogP contribution is -2.21. The molecule has 1 heteroatoms. The lowest BCUT2D eigenvalue weighted by Gasteiger charge is -2.29. The molecule has 1 aliphatic rings. The van der Waals surface area contributed by atoms with Crippen molar-refractivity contribution in [3.8, 4) is 0 Å². The van der Waals surface area contributed by atoms with Crippen LogP contribution in [0.3, 0.4) is 0 Å². The zero-order valence-electron chi connectivity index (χ0n) is 8.77. The van der Waals surface area contributed by atoms with Gasteiger partial charge < -0.3 is 5.73 Å². The first-order valence-electron chi connectivity index (χ1n) is 5.26. The Bertz CT molecular complexity index is 134. The maximum absolute atomic E-state index is 5.94. The molecule has 1 fully saturated rings. The summed E-state index contributed by atoms with van der Waals surface area (Å²) in [7, 11) is 0. The fraction of sp³-hybridized carbons (Fsp3) is 1.00. The third-order valence-electron chi connectivity index (χ3n) is 3.24. The molecule has 0 radical (unpaired) electrons. The molecular formula is C11H23N. The Hall–Kier alpha value is -0.0400. The summed E-state index contributed by atoms with van der Waals surface area (Å²) < 4.78 is 0. The van der Waals surface area contributed by atoms with Crippen LogP contribution >= 0.6 is 0 Å². The van der Waals surface area contributed by atoms with Crippen LogP contribution in [0.15, 0.2) is 0 Å². The summed E-state index contributed by atoms with van der Waals surface area (Å²) in [6.07, 6.45) is 6.54. The minimum absolute atomic E-state index is 0.484. The molecule has 0 amide bonds. The Morgan fingerprint density at radius 1 is 1.00 bits per heavy atom. The lowest BCUT2D eigenvalue weighted by molar-refractivity contribution is 0.214. The molecule has 0 unspecified atom stereocenters. The van der Waals surface area contributed by atoms with Crippen LogP contribution in [-0.4, -0.2) is 6.04 Å². The fourth-order valence-corrected chi connectivity index (χ4v) is 2.20. The normalized spacial score (nSPS) is 33.0. The molecule has 1 aliphatic carbocycles. The van der Waals surface area contributed by atoms with E-state index in [1.807, 2.05) is 0 Å². The molecule has 2 atom stereocenters. The first-order valence-corrected chi connectivity index (χ1v) is 5.26. The van der Waals surface area contributed by atoms with Gasteiger partial charge in [0.05, 0.1) is 0 Å². The Morgan fingerprint density at radius 3 is 2.25 bits per heavy atom. The van der Waals surface area contributed by atoms with Crippen LogP contribution in [0.1, 0.15) is 52.9 Å². The Balaban J connectivity index is 2.46. The highest BCUT2D eigenvalue weighted by molar-refractivity contribution is 4.79. The predicted molar refractivity (Wildman–Crippen MR) is 54.0 cm³/mol. The van der Waals surface area contributed by atoms with Gasteiger partial charge in [-0.05, 0) is 37.0 Å². The maximum atomic E-state index is 5.94. The second-order valence-electron chi connectivity index (χ2n) is 5.33. The van der Waals surface area contributed by atoms with Crippen molar-refractivity contribution in [2.75, 3.05) is 0 Å². The molecule has 0 aromatic carbocycles. The summed E-state index contributed by atoms with van der Waals surface area (Å²) in [5.74, 6) is 0.894. The minimum Gasteiger partial charge on any atom is -0.328 e. The van der Waals surface area contributed by atoms with Crippen LogP contribution in [-0.2, 0) is 0 Å². The highest BCUT2D eigenvalue weighted by Gasteiger charge is 2.26. The van der Waals surface area contributed by atoms with Gasteiger partial charge in [0.2, 0.25) is 0 Å². The topological polar surface area (TPSA) is 26.0 Å². The number of rotatable bonds is 0. The quantitative estimate of drug-likeness (QED) is 0.554. The maximum Gasteiger partial charge on any atom is 0.00389 e. The van der Waals surface area contributed by atoms with Gasteiger partial charge in [-0.25, -0.2) is 0 Å². The molecule has 1 saturated carbocycles. The third-order valence-corrected chi connectivity index (χ3v) is 3.24. The van der Waals surface area contributed by atoms with Crippen molar-refractivity contribution in [2.24, 2.45) is 17.1 Å². The van der Waals surface area contributed by atoms with Gasteiger partial charge in [-0.15, -0.1) is 0 Å². The van der Waals surface area contributed by atoms with E-state index in [0.717, 1.165) is 5.92 Å². The summed E-state index contributed by atoms with van der Waals surface area (Å²) in [5.41, 5.74) is 6.43. The summed E-state index contributed by atoms with van der Waals surface area (Å²) in [6, 6.07) is 0.484. The van der Waals surface area contributed by atoms with Gasteiger partial charge >= 0.3 is 0 Å². The first kappa shape index (κ1) is 10.0. The van der Waals surface area contributed by atoms with E-state index < -0.39 is 0 Å². The van der Waals surface area contributed by atoms with E-state index in [1.54, 1.807) is 0 Å². The molecule has 0 aliphatic heterocycles. The van der Waals surface area contributed by atoms with Gasteiger partial charge in [-0.1, -0.05) is 27.2 Å². The van der Waals surface area contributed by atoms with Gasteiger partial charge in [-0.3, -0.25) is 0 Å². The zero-order chi connectivity index (χ0) is 9.19. The molecule has 0 saturated heterocycles. The van der Waals surface area contributed by atoms with Gasteiger partial charge in [0, 0.05) is 6.04 Å². The SMILES string of the molecule is CC(C)(C)[C@@H]1CCC[C@@H](N)CC1. The molecule has 0 aromatic heterocycles. The molecule has 2 N–H and O–H groups in total. The second-order valence-corrected chi connectivity index (χ2v) is 5.33. The molecule has 0 bridgehead atoms. The van der Waals surface area contributed by atoms with Crippen LogP contribution in [0.4, 0.5) is 0 Å². The van der Waals surface area contributed by atoms with Crippen molar-refractivity contribution in [2.45, 2.75) is 58.9 Å². The molecule has 0 spiro atoms. The first-order chi connectivity index (χ1) is 5.50. The van der Waals surface area contributed by atoms with E-state index >= 15 is 0 Å². The van der Waals surface area contributed by atoms with E-state index in [4.69, 9.17) is 5.73 Å². The number of nitrogens with two attached hydrogens (primary N) is 1. The largest absolute Gasteiger partial charge is 0.328 e. The van der Waals surface area contributed by atoms with Crippen LogP contribution in [0.25, 0.3) is 0 Å². The molecular weight excluding hydrogens is 146 g/mol. The molecule has 1 rings (SSSR count). The lowest BCUT2D eigenvalue weighted by atomic mass is 9.76. The Morgan fingerprint density at radius 2 is 1.67 bits per heavy atom. The van der Waals surface area contributed by atoms with Crippen molar-refractivity contribution >= 4 is 0 Å². The highest BCUT2D eigenvalue weighted by atomic mass is 14.6. The summed E-state index contributed by atoms with van der Waals surface area (Å²) in [6.45, 7) is 7.07. The van der Waals surface area contributed by atoms with Crippen molar-refractivity contribution in [1.29, 1.82) is 0 Å². The molecule has 72 valence electrons. The summed E-state index contributed by atoms with van der Waals surface area (Å²) >= 11 is 0. The van der Waals surface area contributed by atoms with Crippen LogP contribution in [0.5, 0.6) is 0 Å². The van der Waals surface area contributed by atoms with E-state index in [2.05, 4.69) is 20.8 Å². The van der Waals surface area contributed by atoms with Crippen molar-refractivity contribution in [3.63, 3.8) is 0 Å². The van der Waals surface area contributed by atoms with Gasteiger partial charge in [0.15, 0.2) is 0 Å². The predicted octanol–water partition coefficient (Wildman–Crippen LogP) is 2.94. The number of hydrogen-bond donors (Lipinski definition) is 1. The molecule has 1 nitrogen and oxygen atoms in total. The molecule has 0 heterocycles. The molecule has 12 heavy (non-hydrogen) atoms. The van der Waals surface area contributed by atoms with E-state index in [-0.39, 0.29) is 0 Å². The number of hydrogen-bond acceptors (Lipinski definition) is 1. The summed E-state index contributed by atoms with van der Waals surface area (Å²) in [5, 5.41) is 0. The monoisotopic (exact) mass is 169 g/mol. The summed E-state index contributed by atoms with van der Waals surface area (Å²) in [4.78, 5) is 0. The van der Waals surface area contributed by atoms with Crippen LogP contribution in [0.2, 0.25) is 0 Å². The van der Waals surface area contributed by atoms with Gasteiger partial charge in [-0.2, -0.15) is 0 Å². The van der Waals surface area contributed by atoms with Gasteiger partial charge in [0.1, 0.15) is 0 Å². The standard InChI is InChI=1S/C11H23N/c1-11(2,3)9-5-4-6-10(12)8-7-9/h9-10H,4-8,12H2,1-3H3/t9-,10-/m1/s1. The minimum atomic E-state index is 0.484. The Labute approximate surface area is 76.7 Å². The third kappa shape index (κ3) is 2.78. The van der Waals surface area contributed by atoms with Crippen molar-refractivity contribution < 1.29 is 0 Å². The second kappa shape index (κ2) is 3.78. The van der Waals surface area contributed by atoms with Crippen molar-refractivity contribution in [3.05, 3.63) is 0 Å². The fourth-order valence-electron chi connectivity index (χ4n) is 2.20. The molecule has 0 aromatic rings.